The molecule has 0 aliphatic carbocycles. The highest BCUT2D eigenvalue weighted by Crippen LogP contribution is 2.43. The molecule has 0 amide bonds. The molecule has 1 aliphatic heterocycles. The van der Waals surface area contributed by atoms with Crippen LogP contribution in [0.1, 0.15) is 43.2 Å². The second kappa shape index (κ2) is 13.0. The number of carboxylic acids is 1. The molecule has 194 valence electrons. The van der Waals surface area contributed by atoms with Crippen molar-refractivity contribution in [2.75, 3.05) is 26.8 Å². The van der Waals surface area contributed by atoms with E-state index in [2.05, 4.69) is 5.32 Å². The quantitative estimate of drug-likeness (QED) is 0.333. The van der Waals surface area contributed by atoms with E-state index in [0.717, 1.165) is 49.9 Å². The molecular weight excluding hydrogens is 466 g/mol. The molecule has 0 bridgehead atoms. The second-order valence-electron chi connectivity index (χ2n) is 8.75. The van der Waals surface area contributed by atoms with Crippen LogP contribution in [0.5, 0.6) is 0 Å². The molecule has 2 atom stereocenters. The highest BCUT2D eigenvalue weighted by Gasteiger charge is 2.41. The van der Waals surface area contributed by atoms with E-state index in [4.69, 9.17) is 14.6 Å². The molecule has 0 unspecified atom stereocenters. The van der Waals surface area contributed by atoms with Crippen LogP contribution in [0.25, 0.3) is 11.1 Å². The number of piperidine rings is 1. The van der Waals surface area contributed by atoms with Crippen LogP contribution in [0.2, 0.25) is 0 Å². The minimum Gasteiger partial charge on any atom is -0.475 e. The zero-order valence-corrected chi connectivity index (χ0v) is 20.0. The number of hydrogen-bond acceptors (Lipinski definition) is 4. The van der Waals surface area contributed by atoms with Crippen LogP contribution in [0, 0.1) is 18.7 Å². The summed E-state index contributed by atoms with van der Waals surface area (Å²) < 4.78 is 52.0. The second-order valence-corrected chi connectivity index (χ2v) is 8.75. The van der Waals surface area contributed by atoms with Gasteiger partial charge in [-0.25, -0.2) is 9.18 Å². The summed E-state index contributed by atoms with van der Waals surface area (Å²) >= 11 is 0. The number of carboxylic acid groups (broad SMARTS) is 1. The van der Waals surface area contributed by atoms with Crippen molar-refractivity contribution in [3.8, 4) is 11.1 Å². The first-order chi connectivity index (χ1) is 16.5. The van der Waals surface area contributed by atoms with Gasteiger partial charge in [-0.05, 0) is 62.8 Å². The van der Waals surface area contributed by atoms with Gasteiger partial charge in [-0.2, -0.15) is 13.2 Å². The summed E-state index contributed by atoms with van der Waals surface area (Å²) in [7, 11) is 1.69. The van der Waals surface area contributed by atoms with E-state index in [1.165, 1.54) is 6.07 Å². The lowest BCUT2D eigenvalue weighted by atomic mass is 9.72. The SMILES string of the molecule is COCCCC[C@@](O)(c1cccc(F)c1-c1cccc(C)c1)[C@@H]1CCCNC1.O=C(O)C(F)(F)F. The Bertz CT molecular complexity index is 961. The van der Waals surface area contributed by atoms with E-state index < -0.39 is 17.7 Å². The van der Waals surface area contributed by atoms with Crippen molar-refractivity contribution in [2.45, 2.75) is 50.8 Å². The average Bonchev–Trinajstić information content (AvgIpc) is 2.82. The molecule has 35 heavy (non-hydrogen) atoms. The molecule has 0 aromatic heterocycles. The molecule has 5 nitrogen and oxygen atoms in total. The Balaban J connectivity index is 0.000000540. The van der Waals surface area contributed by atoms with E-state index >= 15 is 4.39 Å². The Hall–Kier alpha value is -2.49. The van der Waals surface area contributed by atoms with Gasteiger partial charge in [-0.15, -0.1) is 0 Å². The van der Waals surface area contributed by atoms with Crippen LogP contribution in [0.4, 0.5) is 17.6 Å². The summed E-state index contributed by atoms with van der Waals surface area (Å²) in [5, 5.41) is 22.5. The van der Waals surface area contributed by atoms with Gasteiger partial charge in [0.2, 0.25) is 0 Å². The summed E-state index contributed by atoms with van der Waals surface area (Å²) in [5.41, 5.74) is 2.08. The maximum atomic E-state index is 15.1. The summed E-state index contributed by atoms with van der Waals surface area (Å²) in [4.78, 5) is 8.90. The number of nitrogens with one attached hydrogen (secondary N) is 1. The number of aryl methyl sites for hydroxylation is 1. The number of ether oxygens (including phenoxy) is 1. The maximum Gasteiger partial charge on any atom is 0.490 e. The first-order valence-electron chi connectivity index (χ1n) is 11.6. The van der Waals surface area contributed by atoms with Crippen molar-refractivity contribution >= 4 is 5.97 Å². The van der Waals surface area contributed by atoms with Crippen molar-refractivity contribution in [2.24, 2.45) is 5.92 Å². The molecule has 9 heteroatoms. The summed E-state index contributed by atoms with van der Waals surface area (Å²) in [6, 6.07) is 13.0. The lowest BCUT2D eigenvalue weighted by Crippen LogP contribution is -2.44. The smallest absolute Gasteiger partial charge is 0.475 e. The molecule has 1 aliphatic rings. The number of methoxy groups -OCH3 is 1. The third-order valence-corrected chi connectivity index (χ3v) is 6.16. The Labute approximate surface area is 203 Å². The average molecular weight is 500 g/mol. The van der Waals surface area contributed by atoms with Crippen molar-refractivity contribution in [3.63, 3.8) is 0 Å². The molecule has 0 radical (unpaired) electrons. The first-order valence-corrected chi connectivity index (χ1v) is 11.6. The predicted octanol–water partition coefficient (Wildman–Crippen LogP) is 5.44. The molecule has 1 saturated heterocycles. The summed E-state index contributed by atoms with van der Waals surface area (Å²) in [5.74, 6) is -2.97. The topological polar surface area (TPSA) is 78.8 Å². The Morgan fingerprint density at radius 3 is 2.43 bits per heavy atom. The minimum absolute atomic E-state index is 0.0640. The van der Waals surface area contributed by atoms with E-state index in [1.54, 1.807) is 13.2 Å². The fourth-order valence-corrected chi connectivity index (χ4v) is 4.44. The van der Waals surface area contributed by atoms with Crippen molar-refractivity contribution in [1.29, 1.82) is 0 Å². The number of rotatable bonds is 8. The van der Waals surface area contributed by atoms with Gasteiger partial charge in [-0.1, -0.05) is 42.0 Å². The van der Waals surface area contributed by atoms with Crippen molar-refractivity contribution < 1.29 is 37.3 Å². The fraction of sp³-hybridized carbons (Fsp3) is 0.500. The molecule has 0 spiro atoms. The molecule has 3 rings (SSSR count). The third-order valence-electron chi connectivity index (χ3n) is 6.16. The van der Waals surface area contributed by atoms with Gasteiger partial charge in [-0.3, -0.25) is 0 Å². The first kappa shape index (κ1) is 28.7. The van der Waals surface area contributed by atoms with E-state index in [0.29, 0.717) is 24.2 Å². The Morgan fingerprint density at radius 2 is 1.86 bits per heavy atom. The van der Waals surface area contributed by atoms with Gasteiger partial charge < -0.3 is 20.3 Å². The molecule has 1 heterocycles. The van der Waals surface area contributed by atoms with Gasteiger partial charge in [0.15, 0.2) is 0 Å². The number of carbonyl (C=O) groups is 1. The fourth-order valence-electron chi connectivity index (χ4n) is 4.44. The van der Waals surface area contributed by atoms with Gasteiger partial charge >= 0.3 is 12.1 Å². The molecule has 1 fully saturated rings. The zero-order chi connectivity index (χ0) is 26.1. The minimum atomic E-state index is -5.08. The third kappa shape index (κ3) is 8.02. The van der Waals surface area contributed by atoms with Crippen LogP contribution < -0.4 is 5.32 Å². The number of aliphatic hydroxyl groups is 1. The number of hydrogen-bond donors (Lipinski definition) is 3. The molecule has 2 aromatic carbocycles. The standard InChI is InChI=1S/C24H32FNO2.C2HF3O2/c1-18-8-5-9-19(16-18)23-21(11-6-12-22(23)25)24(27,13-3-4-15-28-2)20-10-7-14-26-17-20;3-2(4,5)1(6)7/h5-6,8-9,11-12,16,20,26-27H,3-4,7,10,13-15,17H2,1-2H3;(H,6,7)/t20-,24+;/m1./s1. The largest absolute Gasteiger partial charge is 0.490 e. The monoisotopic (exact) mass is 499 g/mol. The van der Waals surface area contributed by atoms with Crippen LogP contribution in [0.3, 0.4) is 0 Å². The van der Waals surface area contributed by atoms with Crippen LogP contribution in [-0.4, -0.2) is 49.2 Å². The molecule has 2 aromatic rings. The van der Waals surface area contributed by atoms with Crippen molar-refractivity contribution in [1.82, 2.24) is 5.32 Å². The molecule has 3 N–H and O–H groups in total. The predicted molar refractivity (Wildman–Crippen MR) is 125 cm³/mol. The number of aliphatic carboxylic acids is 1. The summed E-state index contributed by atoms with van der Waals surface area (Å²) in [6.07, 6.45) is -0.790. The lowest BCUT2D eigenvalue weighted by Gasteiger charge is -2.40. The molecule has 0 saturated carbocycles. The Morgan fingerprint density at radius 1 is 1.17 bits per heavy atom. The van der Waals surface area contributed by atoms with Crippen molar-refractivity contribution in [3.05, 3.63) is 59.4 Å². The van der Waals surface area contributed by atoms with Crippen LogP contribution >= 0.6 is 0 Å². The van der Waals surface area contributed by atoms with Gasteiger partial charge in [0, 0.05) is 31.7 Å². The van der Waals surface area contributed by atoms with Crippen LogP contribution in [0.15, 0.2) is 42.5 Å². The van der Waals surface area contributed by atoms with E-state index in [-0.39, 0.29) is 11.7 Å². The van der Waals surface area contributed by atoms with Gasteiger partial charge in [0.05, 0.1) is 5.60 Å². The van der Waals surface area contributed by atoms with E-state index in [9.17, 15) is 18.3 Å². The lowest BCUT2D eigenvalue weighted by molar-refractivity contribution is -0.192. The molecular formula is C26H33F4NO4. The Kier molecular flexibility index (Phi) is 10.7. The number of alkyl halides is 3. The zero-order valence-electron chi connectivity index (χ0n) is 20.0. The highest BCUT2D eigenvalue weighted by atomic mass is 19.4. The maximum absolute atomic E-state index is 15.1. The van der Waals surface area contributed by atoms with Gasteiger partial charge in [0.1, 0.15) is 5.82 Å². The van der Waals surface area contributed by atoms with Crippen LogP contribution in [-0.2, 0) is 15.1 Å². The normalized spacial score (nSPS) is 17.7. The van der Waals surface area contributed by atoms with E-state index in [1.807, 2.05) is 37.3 Å². The number of unbranched alkanes of at least 4 members (excludes halogenated alkanes) is 1. The number of benzene rings is 2. The number of halogens is 4. The van der Waals surface area contributed by atoms with Gasteiger partial charge in [0.25, 0.3) is 0 Å². The summed E-state index contributed by atoms with van der Waals surface area (Å²) in [6.45, 7) is 4.41. The highest BCUT2D eigenvalue weighted by molar-refractivity contribution is 5.73.